The summed E-state index contributed by atoms with van der Waals surface area (Å²) in [5.74, 6) is 0.983. The average molecular weight is 254 g/mol. The fraction of sp³-hybridized carbons (Fsp3) is 1.00. The lowest BCUT2D eigenvalue weighted by Crippen LogP contribution is -2.48. The van der Waals surface area contributed by atoms with Crippen molar-refractivity contribution in [3.63, 3.8) is 0 Å². The van der Waals surface area contributed by atoms with E-state index in [-0.39, 0.29) is 5.60 Å². The first kappa shape index (κ1) is 14.3. The largest absolute Gasteiger partial charge is 0.390 e. The highest BCUT2D eigenvalue weighted by Crippen LogP contribution is 2.44. The summed E-state index contributed by atoms with van der Waals surface area (Å²) in [4.78, 5) is 0. The van der Waals surface area contributed by atoms with Crippen LogP contribution in [0.3, 0.4) is 0 Å². The van der Waals surface area contributed by atoms with Gasteiger partial charge in [0.05, 0.1) is 11.2 Å². The van der Waals surface area contributed by atoms with Gasteiger partial charge in [0.15, 0.2) is 0 Å². The molecule has 2 unspecified atom stereocenters. The molecule has 106 valence electrons. The predicted molar refractivity (Wildman–Crippen MR) is 74.6 cm³/mol. The van der Waals surface area contributed by atoms with E-state index in [9.17, 15) is 5.11 Å². The Bertz CT molecular complexity index is 259. The van der Waals surface area contributed by atoms with Crippen molar-refractivity contribution in [2.75, 3.05) is 6.61 Å². The lowest BCUT2D eigenvalue weighted by atomic mass is 9.69. The number of rotatable bonds is 3. The summed E-state index contributed by atoms with van der Waals surface area (Å²) in [6.07, 6.45) is 9.40. The topological polar surface area (TPSA) is 29.5 Å². The van der Waals surface area contributed by atoms with Gasteiger partial charge >= 0.3 is 0 Å². The highest BCUT2D eigenvalue weighted by atomic mass is 16.5. The van der Waals surface area contributed by atoms with Gasteiger partial charge in [-0.25, -0.2) is 0 Å². The van der Waals surface area contributed by atoms with E-state index >= 15 is 0 Å². The Kier molecular flexibility index (Phi) is 4.38. The molecule has 0 bridgehead atoms. The van der Waals surface area contributed by atoms with E-state index < -0.39 is 5.60 Å². The zero-order valence-electron chi connectivity index (χ0n) is 12.4. The number of ether oxygens (including phenoxy) is 1. The highest BCUT2D eigenvalue weighted by Gasteiger charge is 2.44. The standard InChI is InChI=1S/C16H30O2/c1-13(2)11-15(3,17)14-7-10-18-16(12-14)8-5-4-6-9-16/h13-14,17H,4-12H2,1-3H3. The Labute approximate surface area is 112 Å². The molecule has 2 aliphatic rings. The summed E-state index contributed by atoms with van der Waals surface area (Å²) in [6, 6.07) is 0. The first-order chi connectivity index (χ1) is 8.44. The molecule has 2 rings (SSSR count). The van der Waals surface area contributed by atoms with Gasteiger partial charge < -0.3 is 9.84 Å². The smallest absolute Gasteiger partial charge is 0.0686 e. The molecule has 1 spiro atoms. The summed E-state index contributed by atoms with van der Waals surface area (Å²) in [6.45, 7) is 7.28. The quantitative estimate of drug-likeness (QED) is 0.827. The minimum atomic E-state index is -0.512. The zero-order chi connectivity index (χ0) is 13.2. The summed E-state index contributed by atoms with van der Waals surface area (Å²) >= 11 is 0. The molecule has 1 N–H and O–H groups in total. The molecule has 1 aliphatic heterocycles. The van der Waals surface area contributed by atoms with Crippen molar-refractivity contribution >= 4 is 0 Å². The molecule has 1 heterocycles. The van der Waals surface area contributed by atoms with Gasteiger partial charge in [0.25, 0.3) is 0 Å². The second-order valence-electron chi connectivity index (χ2n) is 7.24. The van der Waals surface area contributed by atoms with E-state index in [1.165, 1.54) is 32.1 Å². The van der Waals surface area contributed by atoms with Crippen LogP contribution in [0.15, 0.2) is 0 Å². The number of hydrogen-bond acceptors (Lipinski definition) is 2. The molecule has 2 fully saturated rings. The second-order valence-corrected chi connectivity index (χ2v) is 7.24. The maximum absolute atomic E-state index is 10.8. The molecular weight excluding hydrogens is 224 g/mol. The van der Waals surface area contributed by atoms with Crippen LogP contribution in [-0.4, -0.2) is 22.9 Å². The van der Waals surface area contributed by atoms with E-state index in [0.717, 1.165) is 25.9 Å². The van der Waals surface area contributed by atoms with Gasteiger partial charge in [0, 0.05) is 6.61 Å². The monoisotopic (exact) mass is 254 g/mol. The van der Waals surface area contributed by atoms with Crippen LogP contribution >= 0.6 is 0 Å². The Hall–Kier alpha value is -0.0800. The van der Waals surface area contributed by atoms with Crippen LogP contribution in [-0.2, 0) is 4.74 Å². The molecular formula is C16H30O2. The minimum absolute atomic E-state index is 0.113. The molecule has 0 aromatic rings. The van der Waals surface area contributed by atoms with Crippen molar-refractivity contribution in [2.45, 2.75) is 83.3 Å². The molecule has 2 heteroatoms. The minimum Gasteiger partial charge on any atom is -0.390 e. The average Bonchev–Trinajstić information content (AvgIpc) is 2.28. The molecule has 2 nitrogen and oxygen atoms in total. The van der Waals surface area contributed by atoms with E-state index in [2.05, 4.69) is 13.8 Å². The van der Waals surface area contributed by atoms with Gasteiger partial charge in [-0.2, -0.15) is 0 Å². The fourth-order valence-corrected chi connectivity index (χ4v) is 4.10. The third-order valence-corrected chi connectivity index (χ3v) is 4.96. The van der Waals surface area contributed by atoms with Crippen molar-refractivity contribution in [1.82, 2.24) is 0 Å². The lowest BCUT2D eigenvalue weighted by Gasteiger charge is -2.47. The number of aliphatic hydroxyl groups is 1. The summed E-state index contributed by atoms with van der Waals surface area (Å²) in [5.41, 5.74) is -0.398. The van der Waals surface area contributed by atoms with Crippen molar-refractivity contribution in [2.24, 2.45) is 11.8 Å². The summed E-state index contributed by atoms with van der Waals surface area (Å²) in [5, 5.41) is 10.8. The van der Waals surface area contributed by atoms with Crippen LogP contribution in [0.1, 0.15) is 72.1 Å². The van der Waals surface area contributed by atoms with Crippen molar-refractivity contribution in [3.05, 3.63) is 0 Å². The fourth-order valence-electron chi connectivity index (χ4n) is 4.10. The van der Waals surface area contributed by atoms with Crippen LogP contribution in [0.2, 0.25) is 0 Å². The van der Waals surface area contributed by atoms with Crippen molar-refractivity contribution in [1.29, 1.82) is 0 Å². The molecule has 0 aromatic heterocycles. The van der Waals surface area contributed by atoms with E-state index in [0.29, 0.717) is 11.8 Å². The maximum Gasteiger partial charge on any atom is 0.0686 e. The first-order valence-corrected chi connectivity index (χ1v) is 7.80. The molecule has 0 radical (unpaired) electrons. The van der Waals surface area contributed by atoms with E-state index in [1.807, 2.05) is 6.92 Å². The molecule has 1 saturated heterocycles. The van der Waals surface area contributed by atoms with Gasteiger partial charge in [-0.05, 0) is 50.9 Å². The SMILES string of the molecule is CC(C)CC(C)(O)C1CCOC2(CCCCC2)C1. The van der Waals surface area contributed by atoms with Crippen LogP contribution in [0.25, 0.3) is 0 Å². The van der Waals surface area contributed by atoms with Gasteiger partial charge in [-0.3, -0.25) is 0 Å². The van der Waals surface area contributed by atoms with Crippen molar-refractivity contribution < 1.29 is 9.84 Å². The Morgan fingerprint density at radius 2 is 1.94 bits per heavy atom. The summed E-state index contributed by atoms with van der Waals surface area (Å²) < 4.78 is 6.13. The van der Waals surface area contributed by atoms with Gasteiger partial charge in [-0.15, -0.1) is 0 Å². The van der Waals surface area contributed by atoms with E-state index in [1.54, 1.807) is 0 Å². The van der Waals surface area contributed by atoms with Crippen LogP contribution < -0.4 is 0 Å². The molecule has 18 heavy (non-hydrogen) atoms. The molecule has 0 aromatic carbocycles. The Morgan fingerprint density at radius 3 is 2.56 bits per heavy atom. The van der Waals surface area contributed by atoms with Gasteiger partial charge in [0.1, 0.15) is 0 Å². The normalized spacial score (nSPS) is 31.5. The molecule has 2 atom stereocenters. The van der Waals surface area contributed by atoms with Crippen molar-refractivity contribution in [3.8, 4) is 0 Å². The van der Waals surface area contributed by atoms with Crippen LogP contribution in [0.4, 0.5) is 0 Å². The summed E-state index contributed by atoms with van der Waals surface area (Å²) in [7, 11) is 0. The lowest BCUT2D eigenvalue weighted by molar-refractivity contribution is -0.155. The van der Waals surface area contributed by atoms with E-state index in [4.69, 9.17) is 4.74 Å². The van der Waals surface area contributed by atoms with Crippen LogP contribution in [0, 0.1) is 11.8 Å². The van der Waals surface area contributed by atoms with Gasteiger partial charge in [0.2, 0.25) is 0 Å². The molecule has 1 saturated carbocycles. The second kappa shape index (κ2) is 5.50. The Balaban J connectivity index is 2.01. The third kappa shape index (κ3) is 3.27. The van der Waals surface area contributed by atoms with Gasteiger partial charge in [-0.1, -0.05) is 33.1 Å². The zero-order valence-corrected chi connectivity index (χ0v) is 12.4. The molecule has 1 aliphatic carbocycles. The number of hydrogen-bond donors (Lipinski definition) is 1. The predicted octanol–water partition coefficient (Wildman–Crippen LogP) is 3.91. The molecule has 0 amide bonds. The third-order valence-electron chi connectivity index (χ3n) is 4.96. The maximum atomic E-state index is 10.8. The van der Waals surface area contributed by atoms with Crippen LogP contribution in [0.5, 0.6) is 0 Å². The Morgan fingerprint density at radius 1 is 1.28 bits per heavy atom. The first-order valence-electron chi connectivity index (χ1n) is 7.80. The highest BCUT2D eigenvalue weighted by molar-refractivity contribution is 4.95.